The summed E-state index contributed by atoms with van der Waals surface area (Å²) in [5.74, 6) is 0. The first kappa shape index (κ1) is 16.3. The van der Waals surface area contributed by atoms with Crippen molar-refractivity contribution in [3.63, 3.8) is 0 Å². The molecule has 2 aliphatic rings. The number of nitrogens with zero attached hydrogens (tertiary/aromatic N) is 2. The lowest BCUT2D eigenvalue weighted by Crippen LogP contribution is -2.46. The van der Waals surface area contributed by atoms with Gasteiger partial charge >= 0.3 is 0 Å². The van der Waals surface area contributed by atoms with Gasteiger partial charge in [0.1, 0.15) is 18.4 Å². The maximum absolute atomic E-state index is 10.2. The molecule has 1 saturated heterocycles. The van der Waals surface area contributed by atoms with Gasteiger partial charge in [-0.3, -0.25) is 4.90 Å². The van der Waals surface area contributed by atoms with E-state index in [0.29, 0.717) is 6.54 Å². The zero-order chi connectivity index (χ0) is 17.1. The van der Waals surface area contributed by atoms with E-state index in [2.05, 4.69) is 39.6 Å². The van der Waals surface area contributed by atoms with Gasteiger partial charge in [0.25, 0.3) is 0 Å². The van der Waals surface area contributed by atoms with Crippen LogP contribution in [0, 0.1) is 0 Å². The molecule has 2 aromatic carbocycles. The minimum atomic E-state index is -0.533. The number of aliphatic hydroxyl groups excluding tert-OH is 1. The van der Waals surface area contributed by atoms with Crippen LogP contribution < -0.4 is 5.32 Å². The largest absolute Gasteiger partial charge is 0.392 e. The molecule has 2 N–H and O–H groups in total. The molecule has 0 spiro atoms. The second kappa shape index (κ2) is 7.35. The highest BCUT2D eigenvalue weighted by Gasteiger charge is 2.24. The molecule has 1 aliphatic carbocycles. The highest BCUT2D eigenvalue weighted by molar-refractivity contribution is 6.24. The molecule has 1 atom stereocenters. The third kappa shape index (κ3) is 3.44. The normalized spacial score (nSPS) is 17.7. The third-order valence-electron chi connectivity index (χ3n) is 4.76. The van der Waals surface area contributed by atoms with Crippen LogP contribution in [0.1, 0.15) is 11.1 Å². The fraction of sp³-hybridized carbons (Fsp3) is 0.350. The van der Waals surface area contributed by atoms with E-state index < -0.39 is 6.10 Å². The van der Waals surface area contributed by atoms with Crippen molar-refractivity contribution in [2.45, 2.75) is 6.10 Å². The summed E-state index contributed by atoms with van der Waals surface area (Å²) in [6.45, 7) is 4.71. The van der Waals surface area contributed by atoms with E-state index in [0.717, 1.165) is 43.0 Å². The lowest BCUT2D eigenvalue weighted by atomic mass is 10.1. The molecule has 0 aromatic heterocycles. The van der Waals surface area contributed by atoms with Gasteiger partial charge in [-0.05, 0) is 11.1 Å². The Morgan fingerprint density at radius 2 is 1.52 bits per heavy atom. The molecule has 0 saturated carbocycles. The Kier molecular flexibility index (Phi) is 4.78. The van der Waals surface area contributed by atoms with E-state index in [-0.39, 0.29) is 6.61 Å². The number of hydrogen-bond donors (Lipinski definition) is 2. The Bertz CT molecular complexity index is 722. The molecule has 1 heterocycles. The van der Waals surface area contributed by atoms with Gasteiger partial charge < -0.3 is 15.3 Å². The van der Waals surface area contributed by atoms with Crippen LogP contribution in [0.5, 0.6) is 0 Å². The number of piperazine rings is 1. The first-order valence-corrected chi connectivity index (χ1v) is 8.83. The lowest BCUT2D eigenvalue weighted by molar-refractivity contribution is 0.0172. The second-order valence-corrected chi connectivity index (χ2v) is 6.53. The molecule has 4 rings (SSSR count). The zero-order valence-electron chi connectivity index (χ0n) is 14.2. The molecule has 2 aromatic rings. The quantitative estimate of drug-likeness (QED) is 0.696. The SMILES string of the molecule is O[C@@H](CON=C1c2ccccc2-c2ccccc21)CN1CCNCC1. The topological polar surface area (TPSA) is 57.1 Å². The number of hydrogen-bond acceptors (Lipinski definition) is 5. The van der Waals surface area contributed by atoms with E-state index in [1.165, 1.54) is 11.1 Å². The number of fused-ring (bicyclic) bond motifs is 3. The van der Waals surface area contributed by atoms with Crippen molar-refractivity contribution in [3.8, 4) is 11.1 Å². The van der Waals surface area contributed by atoms with Crippen LogP contribution >= 0.6 is 0 Å². The van der Waals surface area contributed by atoms with Crippen molar-refractivity contribution < 1.29 is 9.94 Å². The minimum absolute atomic E-state index is 0.206. The van der Waals surface area contributed by atoms with Gasteiger partial charge in [0.15, 0.2) is 0 Å². The number of rotatable bonds is 5. The van der Waals surface area contributed by atoms with Crippen molar-refractivity contribution >= 4 is 5.71 Å². The summed E-state index contributed by atoms with van der Waals surface area (Å²) in [5, 5.41) is 17.9. The Labute approximate surface area is 147 Å². The summed E-state index contributed by atoms with van der Waals surface area (Å²) in [4.78, 5) is 7.78. The number of aliphatic hydroxyl groups is 1. The molecule has 5 nitrogen and oxygen atoms in total. The standard InChI is InChI=1S/C20H23N3O2/c24-15(13-23-11-9-21-10-12-23)14-25-22-20-18-7-3-1-5-16(18)17-6-2-4-8-19(17)20/h1-8,15,21,24H,9-14H2/t15-/m1/s1. The highest BCUT2D eigenvalue weighted by atomic mass is 16.6. The van der Waals surface area contributed by atoms with Crippen LogP contribution in [0.2, 0.25) is 0 Å². The van der Waals surface area contributed by atoms with Gasteiger partial charge in [-0.1, -0.05) is 53.7 Å². The van der Waals surface area contributed by atoms with E-state index in [4.69, 9.17) is 4.84 Å². The molecule has 0 amide bonds. The molecule has 0 unspecified atom stereocenters. The number of benzene rings is 2. The lowest BCUT2D eigenvalue weighted by Gasteiger charge is -2.28. The van der Waals surface area contributed by atoms with E-state index in [1.54, 1.807) is 0 Å². The fourth-order valence-electron chi connectivity index (χ4n) is 3.52. The van der Waals surface area contributed by atoms with Gasteiger partial charge in [-0.15, -0.1) is 0 Å². The maximum atomic E-state index is 10.2. The van der Waals surface area contributed by atoms with Gasteiger partial charge in [0.2, 0.25) is 0 Å². The van der Waals surface area contributed by atoms with Crippen molar-refractivity contribution in [1.82, 2.24) is 10.2 Å². The second-order valence-electron chi connectivity index (χ2n) is 6.53. The Morgan fingerprint density at radius 3 is 2.12 bits per heavy atom. The van der Waals surface area contributed by atoms with Gasteiger partial charge in [0, 0.05) is 43.9 Å². The summed E-state index contributed by atoms with van der Waals surface area (Å²) in [6.07, 6.45) is -0.533. The molecule has 25 heavy (non-hydrogen) atoms. The smallest absolute Gasteiger partial charge is 0.144 e. The first-order chi connectivity index (χ1) is 12.3. The molecule has 1 aliphatic heterocycles. The average molecular weight is 337 g/mol. The first-order valence-electron chi connectivity index (χ1n) is 8.83. The Hall–Kier alpha value is -2.21. The third-order valence-corrected chi connectivity index (χ3v) is 4.76. The van der Waals surface area contributed by atoms with Crippen molar-refractivity contribution in [1.29, 1.82) is 0 Å². The molecule has 0 bridgehead atoms. The molecule has 5 heteroatoms. The Morgan fingerprint density at radius 1 is 0.960 bits per heavy atom. The van der Waals surface area contributed by atoms with Gasteiger partial charge in [-0.25, -0.2) is 0 Å². The monoisotopic (exact) mass is 337 g/mol. The fourth-order valence-corrected chi connectivity index (χ4v) is 3.52. The van der Waals surface area contributed by atoms with Crippen molar-refractivity contribution in [2.75, 3.05) is 39.3 Å². The van der Waals surface area contributed by atoms with Gasteiger partial charge in [0.05, 0.1) is 0 Å². The molecule has 0 radical (unpaired) electrons. The molecular formula is C20H23N3O2. The van der Waals surface area contributed by atoms with Crippen LogP contribution in [0.4, 0.5) is 0 Å². The summed E-state index contributed by atoms with van der Waals surface area (Å²) in [5.41, 5.74) is 5.38. The van der Waals surface area contributed by atoms with Crippen LogP contribution in [0.3, 0.4) is 0 Å². The van der Waals surface area contributed by atoms with Crippen molar-refractivity contribution in [3.05, 3.63) is 59.7 Å². The Balaban J connectivity index is 1.44. The number of oxime groups is 1. The van der Waals surface area contributed by atoms with Crippen LogP contribution in [0.25, 0.3) is 11.1 Å². The van der Waals surface area contributed by atoms with Crippen LogP contribution in [-0.2, 0) is 4.84 Å². The number of nitrogens with one attached hydrogen (secondary N) is 1. The van der Waals surface area contributed by atoms with E-state index in [9.17, 15) is 5.11 Å². The van der Waals surface area contributed by atoms with E-state index >= 15 is 0 Å². The molecule has 130 valence electrons. The maximum Gasteiger partial charge on any atom is 0.144 e. The predicted molar refractivity (Wildman–Crippen MR) is 98.8 cm³/mol. The molecule has 1 fully saturated rings. The predicted octanol–water partition coefficient (Wildman–Crippen LogP) is 1.70. The summed E-state index contributed by atoms with van der Waals surface area (Å²) < 4.78 is 0. The van der Waals surface area contributed by atoms with E-state index in [1.807, 2.05) is 24.3 Å². The van der Waals surface area contributed by atoms with Gasteiger partial charge in [-0.2, -0.15) is 0 Å². The van der Waals surface area contributed by atoms with Crippen molar-refractivity contribution in [2.24, 2.45) is 5.16 Å². The molecular weight excluding hydrogens is 314 g/mol. The minimum Gasteiger partial charge on any atom is -0.392 e. The summed E-state index contributed by atoms with van der Waals surface area (Å²) >= 11 is 0. The van der Waals surface area contributed by atoms with Crippen LogP contribution in [0.15, 0.2) is 53.7 Å². The highest BCUT2D eigenvalue weighted by Crippen LogP contribution is 2.36. The average Bonchev–Trinajstić information content (AvgIpc) is 2.97. The summed E-state index contributed by atoms with van der Waals surface area (Å²) in [6, 6.07) is 16.4. The number of β-amino-alcohol motifs (C(OH)–C–C–N with tert-alkyl or cyclic N) is 1. The summed E-state index contributed by atoms with van der Waals surface area (Å²) in [7, 11) is 0. The zero-order valence-corrected chi connectivity index (χ0v) is 14.2. The van der Waals surface area contributed by atoms with Crippen LogP contribution in [-0.4, -0.2) is 61.2 Å².